The summed E-state index contributed by atoms with van der Waals surface area (Å²) in [5.74, 6) is 0.513. The lowest BCUT2D eigenvalue weighted by atomic mass is 10.2. The second kappa shape index (κ2) is 8.25. The van der Waals surface area contributed by atoms with Crippen LogP contribution in [0.1, 0.15) is 42.0 Å². The fraction of sp³-hybridized carbons (Fsp3) is 0.318. The molecule has 1 unspecified atom stereocenters. The van der Waals surface area contributed by atoms with Crippen LogP contribution in [0.15, 0.2) is 48.5 Å². The molecule has 4 rings (SSSR count). The number of carbonyl (C=O) groups is 2. The molecule has 1 N–H and O–H groups in total. The second-order valence-electron chi connectivity index (χ2n) is 7.34. The van der Waals surface area contributed by atoms with Crippen LogP contribution < -0.4 is 5.32 Å². The highest BCUT2D eigenvalue weighted by Gasteiger charge is 2.23. The summed E-state index contributed by atoms with van der Waals surface area (Å²) in [7, 11) is 0. The highest BCUT2D eigenvalue weighted by molar-refractivity contribution is 6.30. The summed E-state index contributed by atoms with van der Waals surface area (Å²) < 4.78 is 1.92. The monoisotopic (exact) mass is 410 g/mol. The minimum atomic E-state index is -0.375. The van der Waals surface area contributed by atoms with Crippen molar-refractivity contribution in [2.75, 3.05) is 13.1 Å². The molecule has 1 aromatic heterocycles. The highest BCUT2D eigenvalue weighted by Crippen LogP contribution is 2.22. The van der Waals surface area contributed by atoms with Crippen molar-refractivity contribution in [2.45, 2.75) is 32.4 Å². The first kappa shape index (κ1) is 19.5. The molecule has 29 heavy (non-hydrogen) atoms. The maximum atomic E-state index is 12.8. The number of amides is 2. The Labute approximate surface area is 174 Å². The lowest BCUT2D eigenvalue weighted by Gasteiger charge is -2.19. The van der Waals surface area contributed by atoms with Gasteiger partial charge < -0.3 is 14.8 Å². The molecule has 2 aromatic carbocycles. The molecule has 0 bridgehead atoms. The zero-order chi connectivity index (χ0) is 20.4. The third kappa shape index (κ3) is 4.12. The van der Waals surface area contributed by atoms with Crippen LogP contribution in [0.25, 0.3) is 11.0 Å². The van der Waals surface area contributed by atoms with Crippen molar-refractivity contribution in [3.63, 3.8) is 0 Å². The molecule has 2 heterocycles. The van der Waals surface area contributed by atoms with Crippen molar-refractivity contribution >= 4 is 34.4 Å². The number of likely N-dealkylation sites (tertiary alicyclic amines) is 1. The minimum absolute atomic E-state index is 0.0836. The van der Waals surface area contributed by atoms with E-state index in [4.69, 9.17) is 16.6 Å². The standard InChI is InChI=1S/C22H23ClN4O2/c1-15(24-22(29)16-7-6-8-17(23)13-16)21-25-18-9-2-3-10-19(18)27(21)14-20(28)26-11-4-5-12-26/h2-3,6-10,13,15H,4-5,11-12,14H2,1H3,(H,24,29). The van der Waals surface area contributed by atoms with Gasteiger partial charge in [0.1, 0.15) is 12.4 Å². The average Bonchev–Trinajstić information content (AvgIpc) is 3.37. The second-order valence-corrected chi connectivity index (χ2v) is 7.77. The highest BCUT2D eigenvalue weighted by atomic mass is 35.5. The van der Waals surface area contributed by atoms with Crippen LogP contribution >= 0.6 is 11.6 Å². The van der Waals surface area contributed by atoms with Crippen LogP contribution in [0.2, 0.25) is 5.02 Å². The van der Waals surface area contributed by atoms with Gasteiger partial charge >= 0.3 is 0 Å². The molecule has 0 radical (unpaired) electrons. The summed E-state index contributed by atoms with van der Waals surface area (Å²) >= 11 is 6.00. The molecule has 6 nitrogen and oxygen atoms in total. The van der Waals surface area contributed by atoms with Crippen molar-refractivity contribution in [1.82, 2.24) is 19.8 Å². The lowest BCUT2D eigenvalue weighted by Crippen LogP contribution is -2.33. The number of imidazole rings is 1. The first-order valence-electron chi connectivity index (χ1n) is 9.82. The number of hydrogen-bond donors (Lipinski definition) is 1. The maximum absolute atomic E-state index is 12.8. The number of hydrogen-bond acceptors (Lipinski definition) is 3. The van der Waals surface area contributed by atoms with E-state index < -0.39 is 0 Å². The molecule has 0 aliphatic carbocycles. The van der Waals surface area contributed by atoms with Crippen LogP contribution in [0.3, 0.4) is 0 Å². The molecule has 1 aliphatic rings. The van der Waals surface area contributed by atoms with Gasteiger partial charge in [-0.25, -0.2) is 4.98 Å². The van der Waals surface area contributed by atoms with Crippen molar-refractivity contribution in [3.8, 4) is 0 Å². The Morgan fingerprint density at radius 2 is 1.90 bits per heavy atom. The van der Waals surface area contributed by atoms with Crippen LogP contribution in [0.5, 0.6) is 0 Å². The molecule has 0 spiro atoms. The molecule has 1 saturated heterocycles. The molecule has 3 aromatic rings. The third-order valence-corrected chi connectivity index (χ3v) is 5.49. The molecular weight excluding hydrogens is 388 g/mol. The van der Waals surface area contributed by atoms with Gasteiger partial charge in [-0.2, -0.15) is 0 Å². The Bertz CT molecular complexity index is 1060. The first-order valence-corrected chi connectivity index (χ1v) is 10.2. The zero-order valence-corrected chi connectivity index (χ0v) is 17.0. The van der Waals surface area contributed by atoms with Gasteiger partial charge in [0.2, 0.25) is 5.91 Å². The van der Waals surface area contributed by atoms with Gasteiger partial charge in [0.25, 0.3) is 5.91 Å². The summed E-state index contributed by atoms with van der Waals surface area (Å²) in [5, 5.41) is 3.49. The molecule has 1 aliphatic heterocycles. The SMILES string of the molecule is CC(NC(=O)c1cccc(Cl)c1)c1nc2ccccc2n1CC(=O)N1CCCC1. The predicted octanol–water partition coefficient (Wildman–Crippen LogP) is 3.80. The number of fused-ring (bicyclic) bond motifs is 1. The van der Waals surface area contributed by atoms with E-state index in [9.17, 15) is 9.59 Å². The van der Waals surface area contributed by atoms with Crippen molar-refractivity contribution < 1.29 is 9.59 Å². The van der Waals surface area contributed by atoms with Crippen molar-refractivity contribution in [3.05, 3.63) is 64.9 Å². The molecule has 1 atom stereocenters. The number of para-hydroxylation sites is 2. The molecule has 1 fully saturated rings. The quantitative estimate of drug-likeness (QED) is 0.695. The largest absolute Gasteiger partial charge is 0.342 e. The summed E-state index contributed by atoms with van der Waals surface area (Å²) in [4.78, 5) is 32.0. The van der Waals surface area contributed by atoms with E-state index in [2.05, 4.69) is 5.32 Å². The number of nitrogens with zero attached hydrogens (tertiary/aromatic N) is 3. The number of aromatic nitrogens is 2. The van der Waals surface area contributed by atoms with E-state index in [-0.39, 0.29) is 24.4 Å². The van der Waals surface area contributed by atoms with Gasteiger partial charge in [-0.3, -0.25) is 9.59 Å². The van der Waals surface area contributed by atoms with Crippen LogP contribution in [-0.2, 0) is 11.3 Å². The van der Waals surface area contributed by atoms with E-state index >= 15 is 0 Å². The number of halogens is 1. The summed E-state index contributed by atoms with van der Waals surface area (Å²) in [5.41, 5.74) is 2.18. The fourth-order valence-electron chi connectivity index (χ4n) is 3.77. The van der Waals surface area contributed by atoms with Gasteiger partial charge in [-0.05, 0) is 50.1 Å². The van der Waals surface area contributed by atoms with E-state index in [1.807, 2.05) is 40.7 Å². The van der Waals surface area contributed by atoms with Crippen molar-refractivity contribution in [2.24, 2.45) is 0 Å². The van der Waals surface area contributed by atoms with Crippen LogP contribution in [-0.4, -0.2) is 39.4 Å². The Hall–Kier alpha value is -2.86. The number of rotatable bonds is 5. The Morgan fingerprint density at radius 3 is 2.66 bits per heavy atom. The van der Waals surface area contributed by atoms with Gasteiger partial charge in [0.05, 0.1) is 17.1 Å². The van der Waals surface area contributed by atoms with Crippen LogP contribution in [0, 0.1) is 0 Å². The van der Waals surface area contributed by atoms with Gasteiger partial charge in [0, 0.05) is 23.7 Å². The van der Waals surface area contributed by atoms with Crippen molar-refractivity contribution in [1.29, 1.82) is 0 Å². The average molecular weight is 411 g/mol. The lowest BCUT2D eigenvalue weighted by molar-refractivity contribution is -0.130. The molecule has 150 valence electrons. The van der Waals surface area contributed by atoms with Gasteiger partial charge in [-0.15, -0.1) is 0 Å². The Morgan fingerprint density at radius 1 is 1.14 bits per heavy atom. The first-order chi connectivity index (χ1) is 14.0. The molecule has 2 amide bonds. The number of benzene rings is 2. The zero-order valence-electron chi connectivity index (χ0n) is 16.3. The summed E-state index contributed by atoms with van der Waals surface area (Å²) in [6, 6.07) is 14.2. The molecule has 0 saturated carbocycles. The predicted molar refractivity (Wildman–Crippen MR) is 113 cm³/mol. The Kier molecular flexibility index (Phi) is 5.53. The van der Waals surface area contributed by atoms with Gasteiger partial charge in [0.15, 0.2) is 0 Å². The van der Waals surface area contributed by atoms with E-state index in [0.717, 1.165) is 37.0 Å². The maximum Gasteiger partial charge on any atom is 0.251 e. The summed E-state index contributed by atoms with van der Waals surface area (Å²) in [6.07, 6.45) is 2.10. The summed E-state index contributed by atoms with van der Waals surface area (Å²) in [6.45, 7) is 3.71. The van der Waals surface area contributed by atoms with Crippen LogP contribution in [0.4, 0.5) is 0 Å². The smallest absolute Gasteiger partial charge is 0.251 e. The Balaban J connectivity index is 1.61. The topological polar surface area (TPSA) is 67.2 Å². The van der Waals surface area contributed by atoms with Gasteiger partial charge in [-0.1, -0.05) is 29.8 Å². The number of nitrogens with one attached hydrogen (secondary N) is 1. The molecule has 7 heteroatoms. The van der Waals surface area contributed by atoms with E-state index in [0.29, 0.717) is 16.4 Å². The third-order valence-electron chi connectivity index (χ3n) is 5.26. The fourth-order valence-corrected chi connectivity index (χ4v) is 3.96. The molecular formula is C22H23ClN4O2. The van der Waals surface area contributed by atoms with E-state index in [1.165, 1.54) is 0 Å². The normalized spacial score (nSPS) is 14.9. The van der Waals surface area contributed by atoms with E-state index in [1.54, 1.807) is 24.3 Å². The number of carbonyl (C=O) groups excluding carboxylic acids is 2. The minimum Gasteiger partial charge on any atom is -0.342 e.